The maximum Gasteiger partial charge on any atom is 0.167 e. The Morgan fingerprint density at radius 1 is 0.625 bits per heavy atom. The van der Waals surface area contributed by atoms with E-state index in [1.165, 1.54) is 43.6 Å². The predicted molar refractivity (Wildman–Crippen MR) is 82.2 cm³/mol. The Labute approximate surface area is 135 Å². The molecule has 0 N–H and O–H groups in total. The van der Waals surface area contributed by atoms with E-state index in [0.717, 1.165) is 0 Å². The van der Waals surface area contributed by atoms with Crippen LogP contribution in [0.1, 0.15) is 11.4 Å². The summed E-state index contributed by atoms with van der Waals surface area (Å²) in [5, 5.41) is 0. The minimum absolute atomic E-state index is 0.0516. The Kier molecular flexibility index (Phi) is 4.05. The second-order valence-electron chi connectivity index (χ2n) is 5.37. The summed E-state index contributed by atoms with van der Waals surface area (Å²) >= 11 is 0. The third kappa shape index (κ3) is 2.64. The lowest BCUT2D eigenvalue weighted by Crippen LogP contribution is -1.99. The lowest BCUT2D eigenvalue weighted by atomic mass is 9.98. The third-order valence-electron chi connectivity index (χ3n) is 3.74. The molecule has 24 heavy (non-hydrogen) atoms. The minimum Gasteiger partial charge on any atom is -0.241 e. The van der Waals surface area contributed by atoms with Crippen LogP contribution in [0.15, 0.2) is 36.7 Å². The minimum atomic E-state index is -1.25. The van der Waals surface area contributed by atoms with Crippen molar-refractivity contribution in [1.29, 1.82) is 0 Å². The van der Waals surface area contributed by atoms with Gasteiger partial charge in [0.25, 0.3) is 0 Å². The van der Waals surface area contributed by atoms with Crippen molar-refractivity contribution in [3.8, 4) is 22.3 Å². The predicted octanol–water partition coefficient (Wildman–Crippen LogP) is 4.98. The van der Waals surface area contributed by atoms with E-state index < -0.39 is 23.3 Å². The number of aromatic nitrogens is 2. The number of benzene rings is 2. The van der Waals surface area contributed by atoms with E-state index in [1.54, 1.807) is 6.92 Å². The Bertz CT molecular complexity index is 921. The number of halogens is 4. The van der Waals surface area contributed by atoms with Crippen molar-refractivity contribution in [2.45, 2.75) is 13.8 Å². The normalized spacial score (nSPS) is 10.9. The van der Waals surface area contributed by atoms with Gasteiger partial charge in [-0.1, -0.05) is 24.3 Å². The van der Waals surface area contributed by atoms with Gasteiger partial charge in [-0.3, -0.25) is 0 Å². The van der Waals surface area contributed by atoms with Crippen LogP contribution in [0.5, 0.6) is 0 Å². The van der Waals surface area contributed by atoms with Crippen LogP contribution in [0.4, 0.5) is 17.6 Å². The Hall–Kier alpha value is -2.76. The molecule has 6 heteroatoms. The van der Waals surface area contributed by atoms with Crippen LogP contribution >= 0.6 is 0 Å². The monoisotopic (exact) mass is 332 g/mol. The maximum atomic E-state index is 14.4. The average Bonchev–Trinajstić information content (AvgIpc) is 2.57. The zero-order chi connectivity index (χ0) is 17.4. The van der Waals surface area contributed by atoms with Crippen LogP contribution in [0, 0.1) is 37.1 Å². The van der Waals surface area contributed by atoms with Crippen LogP contribution in [0.2, 0.25) is 0 Å². The molecule has 0 aliphatic carbocycles. The molecular formula is C18H12F4N2. The van der Waals surface area contributed by atoms with Gasteiger partial charge in [0.1, 0.15) is 5.82 Å². The van der Waals surface area contributed by atoms with Gasteiger partial charge in [-0.2, -0.15) is 0 Å². The molecule has 1 heterocycles. The van der Waals surface area contributed by atoms with Gasteiger partial charge in [-0.05, 0) is 19.4 Å². The van der Waals surface area contributed by atoms with Crippen LogP contribution in [0.25, 0.3) is 22.3 Å². The van der Waals surface area contributed by atoms with E-state index in [0.29, 0.717) is 11.4 Å². The molecule has 2 nitrogen and oxygen atoms in total. The molecule has 0 radical (unpaired) electrons. The lowest BCUT2D eigenvalue weighted by Gasteiger charge is -2.10. The highest BCUT2D eigenvalue weighted by molar-refractivity contribution is 5.71. The molecule has 1 aromatic heterocycles. The van der Waals surface area contributed by atoms with Crippen LogP contribution < -0.4 is 0 Å². The van der Waals surface area contributed by atoms with Crippen LogP contribution in [0.3, 0.4) is 0 Å². The van der Waals surface area contributed by atoms with Gasteiger partial charge in [0, 0.05) is 34.6 Å². The fraction of sp³-hybridized carbons (Fsp3) is 0.111. The zero-order valence-corrected chi connectivity index (χ0v) is 12.9. The number of hydrogen-bond acceptors (Lipinski definition) is 2. The summed E-state index contributed by atoms with van der Waals surface area (Å²) in [6.45, 7) is 3.05. The molecule has 3 aromatic rings. The topological polar surface area (TPSA) is 25.8 Å². The first-order valence-corrected chi connectivity index (χ1v) is 7.12. The standard InChI is InChI=1S/C18H12F4N2/c1-9-3-4-13(17(21)15(9)19)14-6-5-12(16(20)18(14)22)11-7-23-10(2)24-8-11/h3-8H,1-2H3. The third-order valence-corrected chi connectivity index (χ3v) is 3.74. The highest BCUT2D eigenvalue weighted by Gasteiger charge is 2.20. The van der Waals surface area contributed by atoms with Crippen molar-refractivity contribution in [2.24, 2.45) is 0 Å². The second-order valence-corrected chi connectivity index (χ2v) is 5.37. The average molecular weight is 332 g/mol. The highest BCUT2D eigenvalue weighted by atomic mass is 19.2. The summed E-state index contributed by atoms with van der Waals surface area (Å²) in [5.74, 6) is -4.22. The Balaban J connectivity index is 2.15. The van der Waals surface area contributed by atoms with Gasteiger partial charge in [-0.15, -0.1) is 0 Å². The molecule has 0 bridgehead atoms. The van der Waals surface area contributed by atoms with Crippen molar-refractivity contribution < 1.29 is 17.6 Å². The number of rotatable bonds is 2. The van der Waals surface area contributed by atoms with Gasteiger partial charge < -0.3 is 0 Å². The zero-order valence-electron chi connectivity index (χ0n) is 12.9. The summed E-state index contributed by atoms with van der Waals surface area (Å²) < 4.78 is 56.5. The summed E-state index contributed by atoms with van der Waals surface area (Å²) in [4.78, 5) is 7.86. The van der Waals surface area contributed by atoms with Gasteiger partial charge in [-0.25, -0.2) is 27.5 Å². The molecule has 0 amide bonds. The Morgan fingerprint density at radius 3 is 1.71 bits per heavy atom. The second kappa shape index (κ2) is 6.03. The smallest absolute Gasteiger partial charge is 0.167 e. The van der Waals surface area contributed by atoms with E-state index in [1.807, 2.05) is 0 Å². The van der Waals surface area contributed by atoms with Gasteiger partial charge in [0.2, 0.25) is 0 Å². The number of aryl methyl sites for hydroxylation is 2. The van der Waals surface area contributed by atoms with E-state index >= 15 is 0 Å². The van der Waals surface area contributed by atoms with Gasteiger partial charge in [0.15, 0.2) is 23.3 Å². The molecule has 0 fully saturated rings. The first-order valence-electron chi connectivity index (χ1n) is 7.12. The van der Waals surface area contributed by atoms with Gasteiger partial charge in [0.05, 0.1) is 0 Å². The SMILES string of the molecule is Cc1ncc(-c2ccc(-c3ccc(C)c(F)c3F)c(F)c2F)cn1. The summed E-state index contributed by atoms with van der Waals surface area (Å²) in [6, 6.07) is 5.03. The molecule has 0 atom stereocenters. The fourth-order valence-corrected chi connectivity index (χ4v) is 2.37. The molecule has 2 aromatic carbocycles. The van der Waals surface area contributed by atoms with E-state index in [4.69, 9.17) is 0 Å². The first kappa shape index (κ1) is 16.1. The number of nitrogens with zero attached hydrogens (tertiary/aromatic N) is 2. The Morgan fingerprint density at radius 2 is 1.08 bits per heavy atom. The van der Waals surface area contributed by atoms with Crippen molar-refractivity contribution in [2.75, 3.05) is 0 Å². The highest BCUT2D eigenvalue weighted by Crippen LogP contribution is 2.33. The van der Waals surface area contributed by atoms with E-state index in [-0.39, 0.29) is 22.3 Å². The lowest BCUT2D eigenvalue weighted by molar-refractivity contribution is 0.499. The van der Waals surface area contributed by atoms with Crippen molar-refractivity contribution >= 4 is 0 Å². The molecule has 0 saturated carbocycles. The first-order chi connectivity index (χ1) is 11.4. The molecule has 0 unspecified atom stereocenters. The molecular weight excluding hydrogens is 320 g/mol. The van der Waals surface area contributed by atoms with E-state index in [9.17, 15) is 17.6 Å². The molecule has 3 rings (SSSR count). The quantitative estimate of drug-likeness (QED) is 0.618. The van der Waals surface area contributed by atoms with Crippen molar-refractivity contribution in [1.82, 2.24) is 9.97 Å². The van der Waals surface area contributed by atoms with Crippen molar-refractivity contribution in [3.63, 3.8) is 0 Å². The van der Waals surface area contributed by atoms with Crippen LogP contribution in [-0.2, 0) is 0 Å². The summed E-state index contributed by atoms with van der Waals surface area (Å²) in [5.41, 5.74) is -0.351. The molecule has 0 spiro atoms. The molecule has 122 valence electrons. The van der Waals surface area contributed by atoms with Gasteiger partial charge >= 0.3 is 0 Å². The van der Waals surface area contributed by atoms with Crippen LogP contribution in [-0.4, -0.2) is 9.97 Å². The largest absolute Gasteiger partial charge is 0.241 e. The molecule has 0 aliphatic heterocycles. The molecule has 0 saturated heterocycles. The fourth-order valence-electron chi connectivity index (χ4n) is 2.37. The summed E-state index contributed by atoms with van der Waals surface area (Å²) in [7, 11) is 0. The molecule has 0 aliphatic rings. The number of hydrogen-bond donors (Lipinski definition) is 0. The van der Waals surface area contributed by atoms with Crippen molar-refractivity contribution in [3.05, 3.63) is 71.3 Å². The maximum absolute atomic E-state index is 14.4. The van der Waals surface area contributed by atoms with E-state index in [2.05, 4.69) is 9.97 Å². The summed E-state index contributed by atoms with van der Waals surface area (Å²) in [6.07, 6.45) is 2.73.